The Kier molecular flexibility index (Phi) is 18.2. The van der Waals surface area contributed by atoms with Gasteiger partial charge in [0.1, 0.15) is 18.2 Å². The van der Waals surface area contributed by atoms with E-state index in [0.29, 0.717) is 11.3 Å². The van der Waals surface area contributed by atoms with Crippen LogP contribution in [0.4, 0.5) is 0 Å². The third-order valence-electron chi connectivity index (χ3n) is 9.21. The highest BCUT2D eigenvalue weighted by Gasteiger charge is 2.57. The molecular weight excluding hydrogens is 898 g/mol. The SMILES string of the molecule is CC(c1cccc(I)c1)N1O[C@@H](CO)[C@H]2[C@H](C)OC(=O)[C@H]21.COC(=O)/C=[N+](\[O-])C(C)c1cccc(I)c1.C[C@H](O)/C=C\CO[Si](C)(C)C(C)(C)C. The van der Waals surface area contributed by atoms with Gasteiger partial charge < -0.3 is 29.3 Å². The summed E-state index contributed by atoms with van der Waals surface area (Å²) in [5.41, 5.74) is 1.94. The van der Waals surface area contributed by atoms with E-state index in [9.17, 15) is 19.9 Å². The van der Waals surface area contributed by atoms with Crippen LogP contribution in [0.2, 0.25) is 18.1 Å². The number of fused-ring (bicyclic) bond motifs is 1. The number of benzene rings is 2. The summed E-state index contributed by atoms with van der Waals surface area (Å²) in [6, 6.07) is 14.7. The van der Waals surface area contributed by atoms with Gasteiger partial charge in [0.2, 0.25) is 0 Å². The first kappa shape index (κ1) is 45.2. The molecule has 2 saturated heterocycles. The van der Waals surface area contributed by atoms with Gasteiger partial charge in [-0.25, -0.2) is 4.79 Å². The first-order valence-corrected chi connectivity index (χ1v) is 21.9. The summed E-state index contributed by atoms with van der Waals surface area (Å²) in [5.74, 6) is -1.03. The molecule has 0 bridgehead atoms. The third kappa shape index (κ3) is 13.5. The molecule has 4 rings (SSSR count). The quantitative estimate of drug-likeness (QED) is 0.0376. The van der Waals surface area contributed by atoms with Gasteiger partial charge in [0.05, 0.1) is 38.4 Å². The normalized spacial score (nSPS) is 22.5. The molecule has 2 unspecified atom stereocenters. The van der Waals surface area contributed by atoms with Gasteiger partial charge in [-0.1, -0.05) is 57.2 Å². The van der Waals surface area contributed by atoms with E-state index < -0.39 is 26.4 Å². The lowest BCUT2D eigenvalue weighted by Gasteiger charge is -2.35. The number of hydrogen-bond acceptors (Lipinski definition) is 10. The molecule has 284 valence electrons. The first-order valence-electron chi connectivity index (χ1n) is 16.9. The highest BCUT2D eigenvalue weighted by Crippen LogP contribution is 2.42. The van der Waals surface area contributed by atoms with Crippen LogP contribution in [0.3, 0.4) is 0 Å². The molecule has 2 aromatic carbocycles. The number of hydroxylamine groups is 3. The topological polar surface area (TPSA) is 141 Å². The second kappa shape index (κ2) is 20.5. The second-order valence-electron chi connectivity index (χ2n) is 14.1. The second-order valence-corrected chi connectivity index (χ2v) is 21.4. The van der Waals surface area contributed by atoms with Crippen LogP contribution < -0.4 is 0 Å². The molecule has 51 heavy (non-hydrogen) atoms. The Morgan fingerprint density at radius 1 is 1.10 bits per heavy atom. The van der Waals surface area contributed by atoms with Crippen molar-refractivity contribution in [3.63, 3.8) is 0 Å². The minimum Gasteiger partial charge on any atom is -0.623 e. The van der Waals surface area contributed by atoms with Crippen LogP contribution in [0.15, 0.2) is 60.7 Å². The van der Waals surface area contributed by atoms with E-state index in [4.69, 9.17) is 19.1 Å². The molecule has 0 saturated carbocycles. The average molecular weight is 953 g/mol. The molecule has 7 atom stereocenters. The summed E-state index contributed by atoms with van der Waals surface area (Å²) in [7, 11) is -0.371. The summed E-state index contributed by atoms with van der Waals surface area (Å²) < 4.78 is 18.4. The molecular formula is C37H54I2N2O9Si. The lowest BCUT2D eigenvalue weighted by Crippen LogP contribution is -2.40. The van der Waals surface area contributed by atoms with Gasteiger partial charge in [0.25, 0.3) is 6.21 Å². The van der Waals surface area contributed by atoms with Crippen LogP contribution in [-0.2, 0) is 28.3 Å². The van der Waals surface area contributed by atoms with Gasteiger partial charge in [-0.15, -0.1) is 0 Å². The van der Waals surface area contributed by atoms with Gasteiger partial charge >= 0.3 is 11.9 Å². The largest absolute Gasteiger partial charge is 0.623 e. The fraction of sp³-hybridized carbons (Fsp3) is 0.541. The van der Waals surface area contributed by atoms with E-state index in [1.807, 2.05) is 62.4 Å². The first-order chi connectivity index (χ1) is 23.7. The summed E-state index contributed by atoms with van der Waals surface area (Å²) in [6.07, 6.45) is 3.57. The van der Waals surface area contributed by atoms with Crippen LogP contribution in [0.25, 0.3) is 0 Å². The van der Waals surface area contributed by atoms with Gasteiger partial charge in [-0.2, -0.15) is 9.80 Å². The smallest absolute Gasteiger partial charge is 0.396 e. The van der Waals surface area contributed by atoms with E-state index in [1.54, 1.807) is 25.0 Å². The Labute approximate surface area is 331 Å². The van der Waals surface area contributed by atoms with Crippen molar-refractivity contribution in [2.24, 2.45) is 5.92 Å². The summed E-state index contributed by atoms with van der Waals surface area (Å²) in [4.78, 5) is 28.9. The van der Waals surface area contributed by atoms with Gasteiger partial charge in [-0.3, -0.25) is 9.63 Å². The van der Waals surface area contributed by atoms with Crippen LogP contribution in [0.1, 0.15) is 71.7 Å². The Hall–Kier alpha value is -1.93. The summed E-state index contributed by atoms with van der Waals surface area (Å²) in [6.45, 7) is 18.9. The monoisotopic (exact) mass is 952 g/mol. The van der Waals surface area contributed by atoms with E-state index >= 15 is 0 Å². The van der Waals surface area contributed by atoms with E-state index in [2.05, 4.69) is 89.9 Å². The van der Waals surface area contributed by atoms with Gasteiger partial charge in [-0.05, 0) is 114 Å². The van der Waals surface area contributed by atoms with Crippen molar-refractivity contribution in [1.29, 1.82) is 0 Å². The van der Waals surface area contributed by atoms with Crippen molar-refractivity contribution >= 4 is 71.7 Å². The summed E-state index contributed by atoms with van der Waals surface area (Å²) >= 11 is 4.43. The number of halogens is 2. The number of nitrogens with zero attached hydrogens (tertiary/aromatic N) is 2. The predicted octanol–water partition coefficient (Wildman–Crippen LogP) is 6.94. The zero-order valence-corrected chi connectivity index (χ0v) is 36.5. The van der Waals surface area contributed by atoms with Crippen LogP contribution in [-0.4, -0.2) is 91.2 Å². The van der Waals surface area contributed by atoms with E-state index in [0.717, 1.165) is 24.5 Å². The van der Waals surface area contributed by atoms with Crippen LogP contribution >= 0.6 is 45.2 Å². The number of carbonyl (C=O) groups is 2. The third-order valence-corrected chi connectivity index (χ3v) is 15.1. The lowest BCUT2D eigenvalue weighted by atomic mass is 9.92. The average Bonchev–Trinajstić information content (AvgIpc) is 3.59. The van der Waals surface area contributed by atoms with Crippen LogP contribution in [0, 0.1) is 18.3 Å². The molecule has 2 aliphatic rings. The van der Waals surface area contributed by atoms with Crippen molar-refractivity contribution in [2.75, 3.05) is 20.3 Å². The molecule has 2 heterocycles. The molecule has 2 aliphatic heterocycles. The maximum atomic E-state index is 12.1. The zero-order valence-electron chi connectivity index (χ0n) is 31.2. The number of esters is 2. The highest BCUT2D eigenvalue weighted by molar-refractivity contribution is 14.1. The predicted molar refractivity (Wildman–Crippen MR) is 217 cm³/mol. The summed E-state index contributed by atoms with van der Waals surface area (Å²) in [5, 5.41) is 32.1. The standard InChI is InChI=1S/C15H18INO4.C11H12INO3.C11H24O2Si/c1-8(10-4-3-5-11(16)6-10)17-14-13(12(7-18)21-17)9(2)20-15(14)19;1-8(13(15)7-11(14)16-2)9-4-3-5-10(12)6-9;1-10(12)8-7-9-13-14(5,6)11(2,3)4/h3-6,8-9,12-14,18H,7H2,1-2H3;3-8H,1-2H3;7-8,10,12H,9H2,1-6H3/b;13-7-;8-7-/t8?,9-,12-,13+,14-;;10-/m0.0/s1. The van der Waals surface area contributed by atoms with Gasteiger partial charge in [0.15, 0.2) is 14.4 Å². The molecule has 0 amide bonds. The minimum atomic E-state index is -1.61. The van der Waals surface area contributed by atoms with Crippen molar-refractivity contribution in [3.8, 4) is 0 Å². The van der Waals surface area contributed by atoms with E-state index in [-0.39, 0.29) is 47.9 Å². The van der Waals surface area contributed by atoms with Crippen molar-refractivity contribution in [1.82, 2.24) is 5.06 Å². The molecule has 2 aromatic rings. The fourth-order valence-electron chi connectivity index (χ4n) is 5.12. The molecule has 2 fully saturated rings. The van der Waals surface area contributed by atoms with Crippen molar-refractivity contribution < 1.29 is 43.3 Å². The maximum absolute atomic E-state index is 12.1. The van der Waals surface area contributed by atoms with Crippen LogP contribution in [0.5, 0.6) is 0 Å². The molecule has 0 aromatic heterocycles. The number of aliphatic hydroxyl groups excluding tert-OH is 2. The fourth-order valence-corrected chi connectivity index (χ4v) is 7.20. The lowest BCUT2D eigenvalue weighted by molar-refractivity contribution is -0.498. The Morgan fingerprint density at radius 2 is 1.67 bits per heavy atom. The number of rotatable bonds is 10. The number of carbonyl (C=O) groups excluding carboxylic acids is 2. The van der Waals surface area contributed by atoms with Gasteiger partial charge in [0, 0.05) is 19.6 Å². The Balaban J connectivity index is 0.000000273. The minimum absolute atomic E-state index is 0.0818. The number of hydrogen-bond donors (Lipinski definition) is 2. The number of methoxy groups -OCH3 is 1. The zero-order chi connectivity index (χ0) is 38.7. The van der Waals surface area contributed by atoms with Crippen molar-refractivity contribution in [2.45, 2.75) is 103 Å². The molecule has 0 radical (unpaired) electrons. The maximum Gasteiger partial charge on any atom is 0.396 e. The number of ether oxygens (including phenoxy) is 2. The number of aliphatic hydroxyl groups is 2. The van der Waals surface area contributed by atoms with E-state index in [1.165, 1.54) is 7.11 Å². The Morgan fingerprint density at radius 3 is 2.18 bits per heavy atom. The molecule has 0 aliphatic carbocycles. The highest BCUT2D eigenvalue weighted by atomic mass is 127. The number of cyclic esters (lactones) is 1. The van der Waals surface area contributed by atoms with Crippen molar-refractivity contribution in [3.05, 3.63) is 84.2 Å². The molecule has 11 nitrogen and oxygen atoms in total. The molecule has 14 heteroatoms. The Bertz CT molecular complexity index is 1500. The molecule has 2 N–H and O–H groups in total. The molecule has 0 spiro atoms.